The van der Waals surface area contributed by atoms with Crippen molar-refractivity contribution in [2.75, 3.05) is 13.2 Å². The summed E-state index contributed by atoms with van der Waals surface area (Å²) in [7, 11) is 0. The van der Waals surface area contributed by atoms with Crippen LogP contribution in [0.1, 0.15) is 11.3 Å². The predicted molar refractivity (Wildman–Crippen MR) is 80.2 cm³/mol. The maximum Gasteiger partial charge on any atom is 0.0972 e. The molecule has 6 heteroatoms. The molecular weight excluding hydrogens is 297 g/mol. The van der Waals surface area contributed by atoms with Crippen LogP contribution in [0.25, 0.3) is 11.3 Å². The van der Waals surface area contributed by atoms with E-state index in [9.17, 15) is 5.11 Å². The van der Waals surface area contributed by atoms with Gasteiger partial charge >= 0.3 is 0 Å². The van der Waals surface area contributed by atoms with Crippen molar-refractivity contribution in [3.05, 3.63) is 39.5 Å². The van der Waals surface area contributed by atoms with Gasteiger partial charge in [-0.15, -0.1) is 0 Å². The first-order valence-electron chi connectivity index (χ1n) is 6.55. The van der Waals surface area contributed by atoms with Gasteiger partial charge in [0, 0.05) is 46.4 Å². The van der Waals surface area contributed by atoms with Crippen LogP contribution in [0.4, 0.5) is 0 Å². The van der Waals surface area contributed by atoms with Crippen LogP contribution in [0.5, 0.6) is 0 Å². The number of aliphatic hydroxyl groups is 1. The Hall–Kier alpha value is -1.07. The minimum atomic E-state index is 0.0806. The van der Waals surface area contributed by atoms with E-state index in [-0.39, 0.29) is 6.61 Å². The average molecular weight is 312 g/mol. The molecule has 0 unspecified atom stereocenters. The second-order valence-electron chi connectivity index (χ2n) is 4.81. The summed E-state index contributed by atoms with van der Waals surface area (Å²) < 4.78 is 1.89. The Bertz CT molecular complexity index is 619. The molecule has 3 rings (SSSR count). The zero-order chi connectivity index (χ0) is 14.1. The number of aliphatic hydroxyl groups excluding tert-OH is 1. The molecular formula is C14H15Cl2N3O. The Morgan fingerprint density at radius 2 is 2.00 bits per heavy atom. The van der Waals surface area contributed by atoms with E-state index in [0.29, 0.717) is 16.6 Å². The number of rotatable bonds is 3. The second-order valence-corrected chi connectivity index (χ2v) is 5.68. The van der Waals surface area contributed by atoms with Crippen LogP contribution in [0, 0.1) is 0 Å². The number of hydrogen-bond donors (Lipinski definition) is 2. The Balaban J connectivity index is 2.13. The van der Waals surface area contributed by atoms with Crippen molar-refractivity contribution in [2.45, 2.75) is 19.5 Å². The van der Waals surface area contributed by atoms with Gasteiger partial charge in [-0.05, 0) is 18.2 Å². The van der Waals surface area contributed by atoms with Crippen LogP contribution in [0.15, 0.2) is 18.2 Å². The van der Waals surface area contributed by atoms with E-state index in [2.05, 4.69) is 10.4 Å². The van der Waals surface area contributed by atoms with Crippen molar-refractivity contribution in [1.29, 1.82) is 0 Å². The lowest BCUT2D eigenvalue weighted by atomic mass is 10.0. The largest absolute Gasteiger partial charge is 0.394 e. The Morgan fingerprint density at radius 1 is 1.25 bits per heavy atom. The van der Waals surface area contributed by atoms with Gasteiger partial charge in [0.1, 0.15) is 0 Å². The van der Waals surface area contributed by atoms with E-state index in [1.807, 2.05) is 16.8 Å². The van der Waals surface area contributed by atoms with Crippen LogP contribution in [-0.4, -0.2) is 28.0 Å². The minimum absolute atomic E-state index is 0.0806. The number of halogens is 2. The summed E-state index contributed by atoms with van der Waals surface area (Å²) in [6.07, 6.45) is 0.913. The second kappa shape index (κ2) is 5.74. The van der Waals surface area contributed by atoms with Gasteiger partial charge in [0.15, 0.2) is 0 Å². The van der Waals surface area contributed by atoms with Crippen molar-refractivity contribution in [1.82, 2.24) is 15.1 Å². The standard InChI is InChI=1S/C14H15Cl2N3O/c15-10-5-9(6-11(16)7-10)14-12-8-17-2-1-13(12)19(18-14)3-4-20/h5-7,17,20H,1-4,8H2. The lowest BCUT2D eigenvalue weighted by Crippen LogP contribution is -2.25. The summed E-state index contributed by atoms with van der Waals surface area (Å²) in [5.74, 6) is 0. The fraction of sp³-hybridized carbons (Fsp3) is 0.357. The summed E-state index contributed by atoms with van der Waals surface area (Å²) in [6.45, 7) is 2.30. The number of hydrogen-bond acceptors (Lipinski definition) is 3. The van der Waals surface area contributed by atoms with Crippen LogP contribution >= 0.6 is 23.2 Å². The van der Waals surface area contributed by atoms with E-state index in [0.717, 1.165) is 30.8 Å². The zero-order valence-electron chi connectivity index (χ0n) is 10.9. The van der Waals surface area contributed by atoms with Crippen molar-refractivity contribution in [3.63, 3.8) is 0 Å². The predicted octanol–water partition coefficient (Wildman–Crippen LogP) is 2.49. The molecule has 0 fully saturated rings. The number of benzene rings is 1. The molecule has 0 bridgehead atoms. The van der Waals surface area contributed by atoms with Crippen LogP contribution in [-0.2, 0) is 19.5 Å². The lowest BCUT2D eigenvalue weighted by molar-refractivity contribution is 0.267. The van der Waals surface area contributed by atoms with Gasteiger partial charge in [-0.25, -0.2) is 0 Å². The summed E-state index contributed by atoms with van der Waals surface area (Å²) in [5.41, 5.74) is 4.16. The van der Waals surface area contributed by atoms with Gasteiger partial charge in [-0.3, -0.25) is 4.68 Å². The molecule has 2 aromatic rings. The highest BCUT2D eigenvalue weighted by molar-refractivity contribution is 6.35. The van der Waals surface area contributed by atoms with Gasteiger partial charge in [0.25, 0.3) is 0 Å². The molecule has 0 aliphatic carbocycles. The highest BCUT2D eigenvalue weighted by atomic mass is 35.5. The molecule has 20 heavy (non-hydrogen) atoms. The lowest BCUT2D eigenvalue weighted by Gasteiger charge is -2.15. The zero-order valence-corrected chi connectivity index (χ0v) is 12.4. The van der Waals surface area contributed by atoms with Gasteiger partial charge in [0.05, 0.1) is 18.8 Å². The molecule has 0 atom stereocenters. The summed E-state index contributed by atoms with van der Waals surface area (Å²) >= 11 is 12.2. The van der Waals surface area contributed by atoms with Gasteiger partial charge in [-0.2, -0.15) is 5.10 Å². The molecule has 0 spiro atoms. The Labute approximate surface area is 127 Å². The molecule has 1 aliphatic heterocycles. The molecule has 1 aromatic carbocycles. The Morgan fingerprint density at radius 3 is 2.70 bits per heavy atom. The van der Waals surface area contributed by atoms with Crippen LogP contribution < -0.4 is 5.32 Å². The maximum atomic E-state index is 9.17. The smallest absolute Gasteiger partial charge is 0.0972 e. The van der Waals surface area contributed by atoms with Gasteiger partial charge in [0.2, 0.25) is 0 Å². The Kier molecular flexibility index (Phi) is 3.98. The third kappa shape index (κ3) is 2.56. The number of aromatic nitrogens is 2. The first kappa shape index (κ1) is 13.9. The summed E-state index contributed by atoms with van der Waals surface area (Å²) in [5, 5.41) is 18.4. The van der Waals surface area contributed by atoms with Crippen LogP contribution in [0.3, 0.4) is 0 Å². The highest BCUT2D eigenvalue weighted by Gasteiger charge is 2.21. The topological polar surface area (TPSA) is 50.1 Å². The van der Waals surface area contributed by atoms with E-state index in [1.54, 1.807) is 6.07 Å². The SMILES string of the molecule is OCCn1nc(-c2cc(Cl)cc(Cl)c2)c2c1CCNC2. The molecule has 0 saturated carbocycles. The third-order valence-electron chi connectivity index (χ3n) is 3.45. The van der Waals surface area contributed by atoms with E-state index in [1.165, 1.54) is 11.3 Å². The van der Waals surface area contributed by atoms with E-state index < -0.39 is 0 Å². The number of nitrogens with one attached hydrogen (secondary N) is 1. The van der Waals surface area contributed by atoms with Crippen molar-refractivity contribution in [3.8, 4) is 11.3 Å². The average Bonchev–Trinajstić information content (AvgIpc) is 2.78. The molecule has 106 valence electrons. The third-order valence-corrected chi connectivity index (χ3v) is 3.89. The van der Waals surface area contributed by atoms with Crippen molar-refractivity contribution in [2.24, 2.45) is 0 Å². The monoisotopic (exact) mass is 311 g/mol. The van der Waals surface area contributed by atoms with Gasteiger partial charge in [-0.1, -0.05) is 23.2 Å². The molecule has 0 radical (unpaired) electrons. The maximum absolute atomic E-state index is 9.17. The molecule has 1 aromatic heterocycles. The molecule has 0 saturated heterocycles. The van der Waals surface area contributed by atoms with E-state index in [4.69, 9.17) is 23.2 Å². The van der Waals surface area contributed by atoms with E-state index >= 15 is 0 Å². The molecule has 1 aliphatic rings. The molecule has 0 amide bonds. The van der Waals surface area contributed by atoms with Crippen molar-refractivity contribution >= 4 is 23.2 Å². The molecule has 2 N–H and O–H groups in total. The summed E-state index contributed by atoms with van der Waals surface area (Å²) in [4.78, 5) is 0. The molecule has 4 nitrogen and oxygen atoms in total. The fourth-order valence-corrected chi connectivity index (χ4v) is 3.15. The normalized spacial score (nSPS) is 14.3. The van der Waals surface area contributed by atoms with Crippen LogP contribution in [0.2, 0.25) is 10.0 Å². The fourth-order valence-electron chi connectivity index (χ4n) is 2.62. The minimum Gasteiger partial charge on any atom is -0.394 e. The van der Waals surface area contributed by atoms with Crippen molar-refractivity contribution < 1.29 is 5.11 Å². The first-order valence-corrected chi connectivity index (χ1v) is 7.31. The highest BCUT2D eigenvalue weighted by Crippen LogP contribution is 2.31. The summed E-state index contributed by atoms with van der Waals surface area (Å²) in [6, 6.07) is 5.45. The molecule has 2 heterocycles. The quantitative estimate of drug-likeness (QED) is 0.915. The first-order chi connectivity index (χ1) is 9.69. The number of nitrogens with zero attached hydrogens (tertiary/aromatic N) is 2. The van der Waals surface area contributed by atoms with Gasteiger partial charge < -0.3 is 10.4 Å². The number of fused-ring (bicyclic) bond motifs is 1.